The zero-order valence-electron chi connectivity index (χ0n) is 8.78. The molecule has 1 rings (SSSR count). The highest BCUT2D eigenvalue weighted by Crippen LogP contribution is 2.31. The van der Waals surface area contributed by atoms with Gasteiger partial charge in [0.2, 0.25) is 5.91 Å². The maximum absolute atomic E-state index is 12.2. The number of carbonyl (C=O) groups excluding carboxylic acids is 1. The summed E-state index contributed by atoms with van der Waals surface area (Å²) in [5.74, 6) is -0.522. The van der Waals surface area contributed by atoms with Crippen molar-refractivity contribution in [2.75, 3.05) is 5.32 Å². The molecule has 1 aromatic heterocycles. The molecule has 0 fully saturated rings. The molecule has 1 N–H and O–H groups in total. The third-order valence-electron chi connectivity index (χ3n) is 1.58. The van der Waals surface area contributed by atoms with Gasteiger partial charge in [0, 0.05) is 11.5 Å². The van der Waals surface area contributed by atoms with Crippen molar-refractivity contribution >= 4 is 22.4 Å². The largest absolute Gasteiger partial charge is 0.434 e. The fourth-order valence-corrected chi connectivity index (χ4v) is 1.58. The number of nitrogens with one attached hydrogen (secondary N) is 1. The van der Waals surface area contributed by atoms with Gasteiger partial charge in [0.05, 0.1) is 0 Å². The minimum atomic E-state index is -4.49. The summed E-state index contributed by atoms with van der Waals surface area (Å²) in [7, 11) is 0. The maximum Gasteiger partial charge on any atom is 0.434 e. The molecule has 3 nitrogen and oxygen atoms in total. The molecule has 1 heterocycles. The monoisotopic (exact) mass is 262 g/mol. The van der Waals surface area contributed by atoms with Crippen molar-refractivity contribution in [3.05, 3.63) is 35.4 Å². The normalized spacial score (nSPS) is 12.5. The van der Waals surface area contributed by atoms with Gasteiger partial charge in [-0.15, -0.1) is 11.3 Å². The van der Waals surface area contributed by atoms with Crippen molar-refractivity contribution in [2.24, 2.45) is 0 Å². The highest BCUT2D eigenvalue weighted by molar-refractivity contribution is 7.14. The van der Waals surface area contributed by atoms with Crippen molar-refractivity contribution in [2.45, 2.75) is 13.1 Å². The first-order valence-electron chi connectivity index (χ1n) is 4.56. The summed E-state index contributed by atoms with van der Waals surface area (Å²) < 4.78 is 36.6. The average Bonchev–Trinajstić information content (AvgIpc) is 2.66. The van der Waals surface area contributed by atoms with Gasteiger partial charge in [-0.1, -0.05) is 18.2 Å². The molecule has 17 heavy (non-hydrogen) atoms. The van der Waals surface area contributed by atoms with Gasteiger partial charge in [-0.2, -0.15) is 13.2 Å². The molecule has 0 unspecified atom stereocenters. The molecule has 0 atom stereocenters. The van der Waals surface area contributed by atoms with Gasteiger partial charge in [-0.25, -0.2) is 4.98 Å². The molecule has 0 bridgehead atoms. The van der Waals surface area contributed by atoms with Crippen LogP contribution >= 0.6 is 11.3 Å². The number of alkyl halides is 3. The standard InChI is InChI=1S/C10H9F3N2OS/c1-2-3-4-5-8(16)15-9-14-7(6-17-9)10(11,12)13/h2-6H,1H3,(H,14,15,16)/b3-2+,5-4-. The number of carbonyl (C=O) groups is 1. The van der Waals surface area contributed by atoms with E-state index in [1.807, 2.05) is 0 Å². The van der Waals surface area contributed by atoms with Gasteiger partial charge in [-0.05, 0) is 6.92 Å². The topological polar surface area (TPSA) is 42.0 Å². The minimum Gasteiger partial charge on any atom is -0.298 e. The van der Waals surface area contributed by atoms with E-state index in [1.165, 1.54) is 12.2 Å². The number of hydrogen-bond donors (Lipinski definition) is 1. The Hall–Kier alpha value is -1.63. The fraction of sp³-hybridized carbons (Fsp3) is 0.200. The molecule has 0 aliphatic carbocycles. The van der Waals surface area contributed by atoms with E-state index in [2.05, 4.69) is 10.3 Å². The Balaban J connectivity index is 2.64. The van der Waals surface area contributed by atoms with Crippen molar-refractivity contribution in [1.82, 2.24) is 4.98 Å². The number of allylic oxidation sites excluding steroid dienone is 3. The smallest absolute Gasteiger partial charge is 0.298 e. The molecular formula is C10H9F3N2OS. The van der Waals surface area contributed by atoms with Gasteiger partial charge < -0.3 is 0 Å². The maximum atomic E-state index is 12.2. The van der Waals surface area contributed by atoms with Gasteiger partial charge in [0.1, 0.15) is 0 Å². The van der Waals surface area contributed by atoms with Crippen molar-refractivity contribution in [1.29, 1.82) is 0 Å². The van der Waals surface area contributed by atoms with Crippen LogP contribution in [0.25, 0.3) is 0 Å². The van der Waals surface area contributed by atoms with Crippen LogP contribution in [0.5, 0.6) is 0 Å². The van der Waals surface area contributed by atoms with Crippen LogP contribution in [0.2, 0.25) is 0 Å². The minimum absolute atomic E-state index is 0.0764. The first-order chi connectivity index (χ1) is 7.93. The second-order valence-corrected chi connectivity index (χ2v) is 3.77. The van der Waals surface area contributed by atoms with Gasteiger partial charge in [0.25, 0.3) is 0 Å². The van der Waals surface area contributed by atoms with Crippen LogP contribution < -0.4 is 5.32 Å². The molecule has 1 amide bonds. The molecule has 1 aromatic rings. The van der Waals surface area contributed by atoms with E-state index in [0.717, 1.165) is 16.7 Å². The zero-order chi connectivity index (χ0) is 12.9. The summed E-state index contributed by atoms with van der Waals surface area (Å²) in [6, 6.07) is 0. The number of amides is 1. The summed E-state index contributed by atoms with van der Waals surface area (Å²) in [5, 5.41) is 3.02. The first kappa shape index (κ1) is 13.4. The Morgan fingerprint density at radius 2 is 2.18 bits per heavy atom. The van der Waals surface area contributed by atoms with Gasteiger partial charge in [0.15, 0.2) is 10.8 Å². The first-order valence-corrected chi connectivity index (χ1v) is 5.44. The highest BCUT2D eigenvalue weighted by atomic mass is 32.1. The lowest BCUT2D eigenvalue weighted by molar-refractivity contribution is -0.140. The molecule has 0 aliphatic rings. The molecule has 0 aliphatic heterocycles. The van der Waals surface area contributed by atoms with Gasteiger partial charge >= 0.3 is 6.18 Å². The predicted molar refractivity (Wildman–Crippen MR) is 59.7 cm³/mol. The van der Waals surface area contributed by atoms with E-state index in [4.69, 9.17) is 0 Å². The lowest BCUT2D eigenvalue weighted by Crippen LogP contribution is -2.09. The van der Waals surface area contributed by atoms with Crippen LogP contribution in [0.15, 0.2) is 29.7 Å². The van der Waals surface area contributed by atoms with E-state index in [0.29, 0.717) is 0 Å². The van der Waals surface area contributed by atoms with E-state index in [9.17, 15) is 18.0 Å². The summed E-state index contributed by atoms with van der Waals surface area (Å²) in [5.41, 5.74) is -1.00. The number of hydrogen-bond acceptors (Lipinski definition) is 3. The molecule has 0 spiro atoms. The molecule has 0 saturated carbocycles. The highest BCUT2D eigenvalue weighted by Gasteiger charge is 2.33. The molecule has 0 radical (unpaired) electrons. The van der Waals surface area contributed by atoms with E-state index >= 15 is 0 Å². The number of halogens is 3. The number of aromatic nitrogens is 1. The molecule has 0 saturated heterocycles. The van der Waals surface area contributed by atoms with Crippen LogP contribution in [0.4, 0.5) is 18.3 Å². The lowest BCUT2D eigenvalue weighted by Gasteiger charge is -2.00. The van der Waals surface area contributed by atoms with E-state index in [-0.39, 0.29) is 5.13 Å². The zero-order valence-corrected chi connectivity index (χ0v) is 9.60. The summed E-state index contributed by atoms with van der Waals surface area (Å²) in [6.45, 7) is 1.78. The Kier molecular flexibility index (Phi) is 4.45. The van der Waals surface area contributed by atoms with E-state index in [1.54, 1.807) is 19.1 Å². The lowest BCUT2D eigenvalue weighted by atomic mass is 10.4. The second-order valence-electron chi connectivity index (χ2n) is 2.91. The molecular weight excluding hydrogens is 253 g/mol. The Bertz CT molecular complexity index is 449. The predicted octanol–water partition coefficient (Wildman–Crippen LogP) is 3.23. The number of thiazole rings is 1. The van der Waals surface area contributed by atoms with Crippen molar-refractivity contribution in [3.8, 4) is 0 Å². The summed E-state index contributed by atoms with van der Waals surface area (Å²) in [6.07, 6.45) is 1.54. The van der Waals surface area contributed by atoms with E-state index < -0.39 is 17.8 Å². The summed E-state index contributed by atoms with van der Waals surface area (Å²) >= 11 is 0.729. The van der Waals surface area contributed by atoms with Crippen molar-refractivity contribution in [3.63, 3.8) is 0 Å². The Labute approximate surface area is 99.7 Å². The number of rotatable bonds is 3. The summed E-state index contributed by atoms with van der Waals surface area (Å²) in [4.78, 5) is 14.5. The number of anilines is 1. The molecule has 0 aromatic carbocycles. The van der Waals surface area contributed by atoms with Crippen molar-refractivity contribution < 1.29 is 18.0 Å². The Morgan fingerprint density at radius 1 is 1.47 bits per heavy atom. The quantitative estimate of drug-likeness (QED) is 0.671. The third-order valence-corrected chi connectivity index (χ3v) is 2.33. The fourth-order valence-electron chi connectivity index (χ4n) is 0.862. The third kappa shape index (κ3) is 4.39. The second kappa shape index (κ2) is 5.62. The van der Waals surface area contributed by atoms with Crippen LogP contribution in [-0.2, 0) is 11.0 Å². The molecule has 92 valence electrons. The SMILES string of the molecule is C/C=C/C=C\C(=O)Nc1nc(C(F)(F)F)cs1. The van der Waals surface area contributed by atoms with Gasteiger partial charge in [-0.3, -0.25) is 10.1 Å². The van der Waals surface area contributed by atoms with Crippen LogP contribution in [-0.4, -0.2) is 10.9 Å². The number of nitrogens with zero attached hydrogens (tertiary/aromatic N) is 1. The van der Waals surface area contributed by atoms with Crippen LogP contribution in [0, 0.1) is 0 Å². The Morgan fingerprint density at radius 3 is 2.71 bits per heavy atom. The average molecular weight is 262 g/mol. The molecule has 7 heteroatoms. The van der Waals surface area contributed by atoms with Crippen LogP contribution in [0.3, 0.4) is 0 Å². The van der Waals surface area contributed by atoms with Crippen LogP contribution in [0.1, 0.15) is 12.6 Å².